The second kappa shape index (κ2) is 12.1. The quantitative estimate of drug-likeness (QED) is 0.326. The highest BCUT2D eigenvalue weighted by molar-refractivity contribution is 14.0. The minimum atomic E-state index is 0. The molecule has 0 aliphatic carbocycles. The zero-order valence-electron chi connectivity index (χ0n) is 17.9. The maximum Gasteiger partial charge on any atom is 0.224 e. The highest BCUT2D eigenvalue weighted by atomic mass is 127. The summed E-state index contributed by atoms with van der Waals surface area (Å²) in [5.74, 6) is 1.33. The average molecular weight is 542 g/mol. The van der Waals surface area contributed by atoms with Gasteiger partial charge in [0.15, 0.2) is 5.96 Å². The van der Waals surface area contributed by atoms with Crippen molar-refractivity contribution in [3.8, 4) is 0 Å². The van der Waals surface area contributed by atoms with Crippen molar-refractivity contribution < 1.29 is 4.79 Å². The molecule has 0 spiro atoms. The Morgan fingerprint density at radius 1 is 1.17 bits per heavy atom. The van der Waals surface area contributed by atoms with E-state index in [4.69, 9.17) is 0 Å². The summed E-state index contributed by atoms with van der Waals surface area (Å²) in [6.07, 6.45) is 0.534. The van der Waals surface area contributed by atoms with Gasteiger partial charge in [-0.05, 0) is 41.1 Å². The minimum Gasteiger partial charge on any atom is -0.360 e. The number of carbonyl (C=O) groups excluding carboxylic acids is 1. The van der Waals surface area contributed by atoms with Crippen molar-refractivity contribution in [1.82, 2.24) is 10.2 Å². The van der Waals surface area contributed by atoms with E-state index in [1.54, 1.807) is 11.3 Å². The number of hydrogen-bond donors (Lipinski definition) is 2. The molecular weight excluding hydrogens is 509 g/mol. The maximum atomic E-state index is 12.0. The number of amides is 1. The normalized spacial score (nSPS) is 14.5. The number of piperazine rings is 1. The molecule has 0 unspecified atom stereocenters. The Morgan fingerprint density at radius 3 is 2.57 bits per heavy atom. The molecule has 0 bridgehead atoms. The summed E-state index contributed by atoms with van der Waals surface area (Å²) in [6.45, 7) is 8.66. The molecule has 164 valence electrons. The van der Waals surface area contributed by atoms with E-state index in [0.29, 0.717) is 18.9 Å². The van der Waals surface area contributed by atoms with Crippen LogP contribution in [0.5, 0.6) is 0 Å². The Balaban J connectivity index is 0.00000320. The van der Waals surface area contributed by atoms with E-state index in [9.17, 15) is 4.79 Å². The Bertz CT molecular complexity index is 817. The molecule has 1 amide bonds. The third-order valence-corrected chi connectivity index (χ3v) is 5.79. The average Bonchev–Trinajstić information content (AvgIpc) is 3.23. The number of hydrogen-bond acceptors (Lipinski definition) is 4. The lowest BCUT2D eigenvalue weighted by atomic mass is 10.1. The second-order valence-corrected chi connectivity index (χ2v) is 8.60. The summed E-state index contributed by atoms with van der Waals surface area (Å²) >= 11 is 1.79. The first-order valence-electron chi connectivity index (χ1n) is 10.2. The molecule has 1 aliphatic heterocycles. The van der Waals surface area contributed by atoms with Crippen LogP contribution in [-0.4, -0.2) is 50.0 Å². The Hall–Kier alpha value is -1.81. The predicted octanol–water partition coefficient (Wildman–Crippen LogP) is 4.25. The molecule has 0 radical (unpaired) electrons. The summed E-state index contributed by atoms with van der Waals surface area (Å²) in [5.41, 5.74) is 1.96. The molecule has 8 heteroatoms. The van der Waals surface area contributed by atoms with Crippen LogP contribution in [0.1, 0.15) is 25.8 Å². The van der Waals surface area contributed by atoms with Gasteiger partial charge in [0.2, 0.25) is 5.91 Å². The lowest BCUT2D eigenvalue weighted by Gasteiger charge is -2.37. The SMILES string of the molecule is CN=C(NCc1cccc(NC(=O)CC(C)C)c1)N1CCN(c2cccs2)CC1.I. The van der Waals surface area contributed by atoms with Gasteiger partial charge in [0.1, 0.15) is 0 Å². The zero-order valence-corrected chi connectivity index (χ0v) is 21.1. The van der Waals surface area contributed by atoms with Crippen LogP contribution < -0.4 is 15.5 Å². The van der Waals surface area contributed by atoms with Crippen LogP contribution in [0.25, 0.3) is 0 Å². The molecule has 1 aromatic carbocycles. The van der Waals surface area contributed by atoms with E-state index in [0.717, 1.165) is 43.4 Å². The Kier molecular flexibility index (Phi) is 9.90. The van der Waals surface area contributed by atoms with Crippen LogP contribution in [0.15, 0.2) is 46.8 Å². The van der Waals surface area contributed by atoms with E-state index in [-0.39, 0.29) is 29.9 Å². The number of guanidine groups is 1. The summed E-state index contributed by atoms with van der Waals surface area (Å²) < 4.78 is 0. The molecule has 30 heavy (non-hydrogen) atoms. The lowest BCUT2D eigenvalue weighted by molar-refractivity contribution is -0.116. The largest absolute Gasteiger partial charge is 0.360 e. The highest BCUT2D eigenvalue weighted by Gasteiger charge is 2.20. The van der Waals surface area contributed by atoms with Crippen LogP contribution in [0.2, 0.25) is 0 Å². The van der Waals surface area contributed by atoms with Crippen molar-refractivity contribution in [2.75, 3.05) is 43.4 Å². The van der Waals surface area contributed by atoms with Crippen LogP contribution >= 0.6 is 35.3 Å². The Morgan fingerprint density at radius 2 is 1.93 bits per heavy atom. The smallest absolute Gasteiger partial charge is 0.224 e. The summed E-state index contributed by atoms with van der Waals surface area (Å²) in [5, 5.41) is 9.91. The molecule has 3 rings (SSSR count). The van der Waals surface area contributed by atoms with Crippen molar-refractivity contribution >= 4 is 57.9 Å². The van der Waals surface area contributed by atoms with Crippen LogP contribution in [0, 0.1) is 5.92 Å². The number of halogens is 1. The third kappa shape index (κ3) is 7.16. The van der Waals surface area contributed by atoms with Gasteiger partial charge >= 0.3 is 0 Å². The number of anilines is 2. The minimum absolute atomic E-state index is 0. The van der Waals surface area contributed by atoms with Gasteiger partial charge in [-0.25, -0.2) is 0 Å². The molecule has 1 aliphatic rings. The van der Waals surface area contributed by atoms with Gasteiger partial charge in [-0.3, -0.25) is 9.79 Å². The fourth-order valence-electron chi connectivity index (χ4n) is 3.44. The first-order valence-corrected chi connectivity index (χ1v) is 11.1. The molecule has 1 aromatic heterocycles. The fourth-order valence-corrected chi connectivity index (χ4v) is 4.23. The van der Waals surface area contributed by atoms with Crippen molar-refractivity contribution in [2.45, 2.75) is 26.8 Å². The number of carbonyl (C=O) groups is 1. The summed E-state index contributed by atoms with van der Waals surface area (Å²) in [4.78, 5) is 21.2. The highest BCUT2D eigenvalue weighted by Crippen LogP contribution is 2.22. The van der Waals surface area contributed by atoms with E-state index >= 15 is 0 Å². The topological polar surface area (TPSA) is 60.0 Å². The zero-order chi connectivity index (χ0) is 20.6. The number of aliphatic imine (C=N–C) groups is 1. The third-order valence-electron chi connectivity index (χ3n) is 4.86. The van der Waals surface area contributed by atoms with Gasteiger partial charge in [-0.15, -0.1) is 35.3 Å². The van der Waals surface area contributed by atoms with Gasteiger partial charge < -0.3 is 20.4 Å². The molecule has 1 saturated heterocycles. The summed E-state index contributed by atoms with van der Waals surface area (Å²) in [7, 11) is 1.83. The van der Waals surface area contributed by atoms with Crippen molar-refractivity contribution in [2.24, 2.45) is 10.9 Å². The van der Waals surface area contributed by atoms with Crippen LogP contribution in [-0.2, 0) is 11.3 Å². The molecule has 2 aromatic rings. The number of thiophene rings is 1. The number of nitrogens with zero attached hydrogens (tertiary/aromatic N) is 3. The van der Waals surface area contributed by atoms with E-state index in [2.05, 4.69) is 49.0 Å². The number of nitrogens with one attached hydrogen (secondary N) is 2. The van der Waals surface area contributed by atoms with Crippen LogP contribution in [0.3, 0.4) is 0 Å². The van der Waals surface area contributed by atoms with Gasteiger partial charge in [0.05, 0.1) is 5.00 Å². The van der Waals surface area contributed by atoms with Gasteiger partial charge in [0.25, 0.3) is 0 Å². The summed E-state index contributed by atoms with van der Waals surface area (Å²) in [6, 6.07) is 12.3. The van der Waals surface area contributed by atoms with E-state index in [1.165, 1.54) is 5.00 Å². The van der Waals surface area contributed by atoms with Crippen LogP contribution in [0.4, 0.5) is 10.7 Å². The predicted molar refractivity (Wildman–Crippen MR) is 138 cm³/mol. The number of benzene rings is 1. The van der Waals surface area contributed by atoms with E-state index < -0.39 is 0 Å². The van der Waals surface area contributed by atoms with E-state index in [1.807, 2.05) is 39.1 Å². The van der Waals surface area contributed by atoms with Crippen molar-refractivity contribution in [3.63, 3.8) is 0 Å². The van der Waals surface area contributed by atoms with Crippen molar-refractivity contribution in [1.29, 1.82) is 0 Å². The first kappa shape index (κ1) is 24.5. The van der Waals surface area contributed by atoms with Gasteiger partial charge in [0, 0.05) is 51.9 Å². The monoisotopic (exact) mass is 541 g/mol. The molecule has 2 N–H and O–H groups in total. The standard InChI is InChI=1S/C22H31N5OS.HI/c1-17(2)14-20(28)25-19-7-4-6-18(15-19)16-24-22(23-3)27-11-9-26(10-12-27)21-8-5-13-29-21;/h4-8,13,15,17H,9-12,14,16H2,1-3H3,(H,23,24)(H,25,28);1H. The maximum absolute atomic E-state index is 12.0. The molecule has 2 heterocycles. The first-order chi connectivity index (χ1) is 14.0. The molecule has 6 nitrogen and oxygen atoms in total. The van der Waals surface area contributed by atoms with Crippen molar-refractivity contribution in [3.05, 3.63) is 47.3 Å². The number of rotatable bonds is 6. The molecular formula is C22H32IN5OS. The van der Waals surface area contributed by atoms with Gasteiger partial charge in [-0.2, -0.15) is 0 Å². The molecule has 1 fully saturated rings. The fraction of sp³-hybridized carbons (Fsp3) is 0.455. The molecule has 0 atom stereocenters. The Labute approximate surface area is 200 Å². The van der Waals surface area contributed by atoms with Gasteiger partial charge in [-0.1, -0.05) is 26.0 Å². The molecule has 0 saturated carbocycles. The lowest BCUT2D eigenvalue weighted by Crippen LogP contribution is -2.52. The second-order valence-electron chi connectivity index (χ2n) is 7.67.